The highest BCUT2D eigenvalue weighted by molar-refractivity contribution is 4.88. The molecule has 1 aliphatic carbocycles. The van der Waals surface area contributed by atoms with E-state index >= 15 is 0 Å². The standard InChI is InChI=1S/C10H18F3NO/c1-14-8-9(4-2-3-5-9)15-7-6-10(11,12)13/h14H,2-8H2,1H3. The third-order valence-electron chi connectivity index (χ3n) is 2.81. The minimum absolute atomic E-state index is 0.217. The SMILES string of the molecule is CNCC1(OCCC(F)(F)F)CCCC1. The number of rotatable bonds is 5. The van der Waals surface area contributed by atoms with Crippen molar-refractivity contribution in [3.8, 4) is 0 Å². The highest BCUT2D eigenvalue weighted by Crippen LogP contribution is 2.33. The van der Waals surface area contributed by atoms with Crippen LogP contribution in [-0.4, -0.2) is 32.0 Å². The number of halogens is 3. The molecule has 1 saturated carbocycles. The van der Waals surface area contributed by atoms with Crippen LogP contribution in [-0.2, 0) is 4.74 Å². The molecule has 0 aromatic carbocycles. The van der Waals surface area contributed by atoms with E-state index in [2.05, 4.69) is 5.32 Å². The first-order valence-electron chi connectivity index (χ1n) is 5.33. The van der Waals surface area contributed by atoms with Gasteiger partial charge in [-0.05, 0) is 19.9 Å². The summed E-state index contributed by atoms with van der Waals surface area (Å²) in [5.41, 5.74) is -0.347. The predicted molar refractivity (Wildman–Crippen MR) is 51.7 cm³/mol. The van der Waals surface area contributed by atoms with Crippen LogP contribution >= 0.6 is 0 Å². The van der Waals surface area contributed by atoms with Crippen LogP contribution < -0.4 is 5.32 Å². The summed E-state index contributed by atoms with van der Waals surface area (Å²) in [6.07, 6.45) is -1.13. The highest BCUT2D eigenvalue weighted by atomic mass is 19.4. The zero-order chi connectivity index (χ0) is 11.4. The molecule has 0 atom stereocenters. The lowest BCUT2D eigenvalue weighted by atomic mass is 10.0. The van der Waals surface area contributed by atoms with E-state index in [0.29, 0.717) is 6.54 Å². The Morgan fingerprint density at radius 2 is 1.87 bits per heavy atom. The van der Waals surface area contributed by atoms with Gasteiger partial charge < -0.3 is 10.1 Å². The fourth-order valence-electron chi connectivity index (χ4n) is 2.10. The van der Waals surface area contributed by atoms with E-state index in [4.69, 9.17) is 4.74 Å². The normalized spacial score (nSPS) is 20.8. The number of ether oxygens (including phenoxy) is 1. The lowest BCUT2D eigenvalue weighted by molar-refractivity contribution is -0.157. The Kier molecular flexibility index (Phi) is 4.40. The Hall–Kier alpha value is -0.290. The maximum Gasteiger partial charge on any atom is 0.391 e. The average molecular weight is 225 g/mol. The van der Waals surface area contributed by atoms with Gasteiger partial charge in [0.2, 0.25) is 0 Å². The molecule has 0 radical (unpaired) electrons. The van der Waals surface area contributed by atoms with Gasteiger partial charge in [-0.3, -0.25) is 0 Å². The van der Waals surface area contributed by atoms with Crippen molar-refractivity contribution in [1.29, 1.82) is 0 Å². The molecule has 0 unspecified atom stereocenters. The van der Waals surface area contributed by atoms with Gasteiger partial charge in [-0.15, -0.1) is 0 Å². The van der Waals surface area contributed by atoms with Crippen LogP contribution in [0.15, 0.2) is 0 Å². The molecular formula is C10H18F3NO. The lowest BCUT2D eigenvalue weighted by Gasteiger charge is -2.29. The number of alkyl halides is 3. The third kappa shape index (κ3) is 4.38. The minimum atomic E-state index is -4.11. The van der Waals surface area contributed by atoms with Crippen molar-refractivity contribution in [2.24, 2.45) is 0 Å². The van der Waals surface area contributed by atoms with Crippen molar-refractivity contribution in [3.05, 3.63) is 0 Å². The van der Waals surface area contributed by atoms with Crippen molar-refractivity contribution in [2.45, 2.75) is 43.9 Å². The zero-order valence-electron chi connectivity index (χ0n) is 8.99. The van der Waals surface area contributed by atoms with Crippen LogP contribution in [0.4, 0.5) is 13.2 Å². The monoisotopic (exact) mass is 225 g/mol. The van der Waals surface area contributed by atoms with Gasteiger partial charge in [0.1, 0.15) is 0 Å². The summed E-state index contributed by atoms with van der Waals surface area (Å²) >= 11 is 0. The zero-order valence-corrected chi connectivity index (χ0v) is 8.99. The first-order chi connectivity index (χ1) is 6.97. The van der Waals surface area contributed by atoms with E-state index < -0.39 is 12.6 Å². The summed E-state index contributed by atoms with van der Waals surface area (Å²) < 4.78 is 41.3. The molecule has 0 amide bonds. The van der Waals surface area contributed by atoms with Gasteiger partial charge in [0.05, 0.1) is 18.6 Å². The number of likely N-dealkylation sites (N-methyl/N-ethyl adjacent to an activating group) is 1. The average Bonchev–Trinajstić information content (AvgIpc) is 2.52. The molecule has 0 aromatic rings. The molecule has 0 aromatic heterocycles. The molecule has 5 heteroatoms. The molecule has 0 saturated heterocycles. The molecule has 1 N–H and O–H groups in total. The Balaban J connectivity index is 2.32. The van der Waals surface area contributed by atoms with Crippen LogP contribution in [0.2, 0.25) is 0 Å². The van der Waals surface area contributed by atoms with E-state index in [-0.39, 0.29) is 12.2 Å². The van der Waals surface area contributed by atoms with Gasteiger partial charge in [0.15, 0.2) is 0 Å². The summed E-state index contributed by atoms with van der Waals surface area (Å²) in [4.78, 5) is 0. The molecule has 2 nitrogen and oxygen atoms in total. The van der Waals surface area contributed by atoms with Gasteiger partial charge in [-0.1, -0.05) is 12.8 Å². The Labute approximate surface area is 88.2 Å². The molecule has 0 heterocycles. The number of hydrogen-bond donors (Lipinski definition) is 1. The van der Waals surface area contributed by atoms with Gasteiger partial charge in [0.25, 0.3) is 0 Å². The smallest absolute Gasteiger partial charge is 0.373 e. The molecule has 0 bridgehead atoms. The minimum Gasteiger partial charge on any atom is -0.373 e. The van der Waals surface area contributed by atoms with Crippen LogP contribution in [0.5, 0.6) is 0 Å². The fraction of sp³-hybridized carbons (Fsp3) is 1.00. The van der Waals surface area contributed by atoms with Crippen molar-refractivity contribution in [3.63, 3.8) is 0 Å². The molecule has 0 spiro atoms. The maximum absolute atomic E-state index is 11.9. The van der Waals surface area contributed by atoms with E-state index in [1.54, 1.807) is 7.05 Å². The van der Waals surface area contributed by atoms with E-state index in [9.17, 15) is 13.2 Å². The maximum atomic E-state index is 11.9. The summed E-state index contributed by atoms with van der Waals surface area (Å²) in [5.74, 6) is 0. The Morgan fingerprint density at radius 3 is 2.33 bits per heavy atom. The second-order valence-electron chi connectivity index (χ2n) is 4.13. The highest BCUT2D eigenvalue weighted by Gasteiger charge is 2.35. The van der Waals surface area contributed by atoms with Gasteiger partial charge in [0, 0.05) is 6.54 Å². The van der Waals surface area contributed by atoms with E-state index in [0.717, 1.165) is 25.7 Å². The molecule has 15 heavy (non-hydrogen) atoms. The Bertz CT molecular complexity index is 188. The molecule has 1 fully saturated rings. The molecular weight excluding hydrogens is 207 g/mol. The molecule has 0 aliphatic heterocycles. The lowest BCUT2D eigenvalue weighted by Crippen LogP contribution is -2.40. The van der Waals surface area contributed by atoms with Crippen molar-refractivity contribution < 1.29 is 17.9 Å². The summed E-state index contributed by atoms with van der Waals surface area (Å²) in [5, 5.41) is 2.99. The quantitative estimate of drug-likeness (QED) is 0.776. The predicted octanol–water partition coefficient (Wildman–Crippen LogP) is 2.49. The molecule has 90 valence electrons. The molecule has 1 aliphatic rings. The second kappa shape index (κ2) is 5.16. The van der Waals surface area contributed by atoms with Crippen molar-refractivity contribution in [1.82, 2.24) is 5.32 Å². The van der Waals surface area contributed by atoms with Gasteiger partial charge >= 0.3 is 6.18 Å². The Morgan fingerprint density at radius 1 is 1.27 bits per heavy atom. The molecule has 1 rings (SSSR count). The van der Waals surface area contributed by atoms with Crippen molar-refractivity contribution in [2.75, 3.05) is 20.2 Å². The second-order valence-corrected chi connectivity index (χ2v) is 4.13. The summed E-state index contributed by atoms with van der Waals surface area (Å²) in [6.45, 7) is 0.427. The fourth-order valence-corrected chi connectivity index (χ4v) is 2.10. The first kappa shape index (κ1) is 12.8. The van der Waals surface area contributed by atoms with Crippen LogP contribution in [0.25, 0.3) is 0 Å². The van der Waals surface area contributed by atoms with E-state index in [1.807, 2.05) is 0 Å². The topological polar surface area (TPSA) is 21.3 Å². The first-order valence-corrected chi connectivity index (χ1v) is 5.33. The van der Waals surface area contributed by atoms with Gasteiger partial charge in [-0.2, -0.15) is 13.2 Å². The number of hydrogen-bond acceptors (Lipinski definition) is 2. The van der Waals surface area contributed by atoms with Crippen LogP contribution in [0.3, 0.4) is 0 Å². The van der Waals surface area contributed by atoms with E-state index in [1.165, 1.54) is 0 Å². The summed E-state index contributed by atoms with van der Waals surface area (Å²) in [6, 6.07) is 0. The largest absolute Gasteiger partial charge is 0.391 e. The third-order valence-corrected chi connectivity index (χ3v) is 2.81. The summed E-state index contributed by atoms with van der Waals surface area (Å²) in [7, 11) is 1.80. The van der Waals surface area contributed by atoms with Crippen LogP contribution in [0, 0.1) is 0 Å². The van der Waals surface area contributed by atoms with Gasteiger partial charge in [-0.25, -0.2) is 0 Å². The van der Waals surface area contributed by atoms with Crippen LogP contribution in [0.1, 0.15) is 32.1 Å². The number of nitrogens with one attached hydrogen (secondary N) is 1. The van der Waals surface area contributed by atoms with Crippen molar-refractivity contribution >= 4 is 0 Å².